The van der Waals surface area contributed by atoms with Crippen LogP contribution < -0.4 is 5.32 Å². The van der Waals surface area contributed by atoms with Crippen LogP contribution >= 0.6 is 0 Å². The minimum atomic E-state index is -1.08. The summed E-state index contributed by atoms with van der Waals surface area (Å²) in [5, 5.41) is 10.8. The van der Waals surface area contributed by atoms with Gasteiger partial charge in [-0.3, -0.25) is 4.79 Å². The van der Waals surface area contributed by atoms with Gasteiger partial charge in [0.1, 0.15) is 5.78 Å². The van der Waals surface area contributed by atoms with E-state index in [0.717, 1.165) is 12.8 Å². The van der Waals surface area contributed by atoms with Crippen molar-refractivity contribution in [2.24, 2.45) is 5.41 Å². The van der Waals surface area contributed by atoms with Crippen LogP contribution in [0.2, 0.25) is 0 Å². The van der Waals surface area contributed by atoms with Gasteiger partial charge in [-0.2, -0.15) is 0 Å². The number of carbonyl (C=O) groups is 2. The van der Waals surface area contributed by atoms with Crippen molar-refractivity contribution >= 4 is 11.9 Å². The SMILES string of the molecule is C=CCC1(CNC(=O)O)CCCC1=O. The molecule has 0 aromatic heterocycles. The predicted octanol–water partition coefficient (Wildman–Crippen LogP) is 1.57. The molecule has 0 aliphatic heterocycles. The zero-order chi connectivity index (χ0) is 10.6. The third-order valence-electron chi connectivity index (χ3n) is 2.76. The Morgan fingerprint density at radius 1 is 1.71 bits per heavy atom. The van der Waals surface area contributed by atoms with Gasteiger partial charge in [-0.15, -0.1) is 6.58 Å². The Hall–Kier alpha value is -1.32. The number of amides is 1. The van der Waals surface area contributed by atoms with Gasteiger partial charge in [0, 0.05) is 18.4 Å². The van der Waals surface area contributed by atoms with Crippen molar-refractivity contribution in [1.29, 1.82) is 0 Å². The van der Waals surface area contributed by atoms with E-state index in [9.17, 15) is 9.59 Å². The number of carboxylic acid groups (broad SMARTS) is 1. The van der Waals surface area contributed by atoms with Gasteiger partial charge >= 0.3 is 6.09 Å². The van der Waals surface area contributed by atoms with Crippen LogP contribution in [-0.2, 0) is 4.79 Å². The van der Waals surface area contributed by atoms with Crippen molar-refractivity contribution in [2.45, 2.75) is 25.7 Å². The van der Waals surface area contributed by atoms with Gasteiger partial charge in [0.25, 0.3) is 0 Å². The quantitative estimate of drug-likeness (QED) is 0.672. The van der Waals surface area contributed by atoms with Crippen LogP contribution in [0.3, 0.4) is 0 Å². The van der Waals surface area contributed by atoms with E-state index < -0.39 is 11.5 Å². The summed E-state index contributed by atoms with van der Waals surface area (Å²) in [4.78, 5) is 22.0. The third kappa shape index (κ3) is 2.13. The molecule has 78 valence electrons. The van der Waals surface area contributed by atoms with Crippen LogP contribution in [0.4, 0.5) is 4.79 Å². The number of Topliss-reactive ketones (excluding diaryl/α,β-unsaturated/α-hetero) is 1. The highest BCUT2D eigenvalue weighted by molar-refractivity contribution is 5.87. The maximum atomic E-state index is 11.6. The van der Waals surface area contributed by atoms with Gasteiger partial charge in [-0.05, 0) is 19.3 Å². The van der Waals surface area contributed by atoms with Gasteiger partial charge in [-0.1, -0.05) is 6.08 Å². The van der Waals surface area contributed by atoms with Crippen LogP contribution in [0.5, 0.6) is 0 Å². The molecule has 1 unspecified atom stereocenters. The average Bonchev–Trinajstić information content (AvgIpc) is 2.46. The first kappa shape index (κ1) is 10.8. The van der Waals surface area contributed by atoms with E-state index in [1.54, 1.807) is 6.08 Å². The molecular weight excluding hydrogens is 182 g/mol. The lowest BCUT2D eigenvalue weighted by Crippen LogP contribution is -2.39. The van der Waals surface area contributed by atoms with Crippen molar-refractivity contribution < 1.29 is 14.7 Å². The number of ketones is 1. The summed E-state index contributed by atoms with van der Waals surface area (Å²) in [6, 6.07) is 0. The molecule has 1 rings (SSSR count). The molecule has 1 amide bonds. The summed E-state index contributed by atoms with van der Waals surface area (Å²) < 4.78 is 0. The zero-order valence-corrected chi connectivity index (χ0v) is 8.08. The van der Waals surface area contributed by atoms with Crippen LogP contribution in [0.1, 0.15) is 25.7 Å². The van der Waals surface area contributed by atoms with Gasteiger partial charge in [-0.25, -0.2) is 4.79 Å². The second-order valence-electron chi connectivity index (χ2n) is 3.71. The van der Waals surface area contributed by atoms with Crippen molar-refractivity contribution in [3.63, 3.8) is 0 Å². The number of hydrogen-bond donors (Lipinski definition) is 2. The lowest BCUT2D eigenvalue weighted by atomic mass is 9.82. The minimum Gasteiger partial charge on any atom is -0.465 e. The van der Waals surface area contributed by atoms with Crippen molar-refractivity contribution in [3.8, 4) is 0 Å². The van der Waals surface area contributed by atoms with Gasteiger partial charge in [0.05, 0.1) is 0 Å². The highest BCUT2D eigenvalue weighted by Gasteiger charge is 2.40. The molecule has 0 aromatic rings. The smallest absolute Gasteiger partial charge is 0.404 e. The van der Waals surface area contributed by atoms with E-state index in [4.69, 9.17) is 5.11 Å². The Kier molecular flexibility index (Phi) is 3.28. The summed E-state index contributed by atoms with van der Waals surface area (Å²) in [5.41, 5.74) is -0.514. The molecule has 1 aliphatic carbocycles. The molecular formula is C10H15NO3. The molecule has 14 heavy (non-hydrogen) atoms. The largest absolute Gasteiger partial charge is 0.465 e. The molecule has 4 heteroatoms. The van der Waals surface area contributed by atoms with Crippen LogP contribution in [0.25, 0.3) is 0 Å². The van der Waals surface area contributed by atoms with E-state index in [0.29, 0.717) is 12.8 Å². The molecule has 0 heterocycles. The molecule has 1 fully saturated rings. The summed E-state index contributed by atoms with van der Waals surface area (Å²) in [7, 11) is 0. The number of carbonyl (C=O) groups excluding carboxylic acids is 1. The molecule has 4 nitrogen and oxygen atoms in total. The van der Waals surface area contributed by atoms with Crippen LogP contribution in [0, 0.1) is 5.41 Å². The number of allylic oxidation sites excluding steroid dienone is 1. The second-order valence-corrected chi connectivity index (χ2v) is 3.71. The normalized spacial score (nSPS) is 26.1. The van der Waals surface area contributed by atoms with E-state index in [1.165, 1.54) is 0 Å². The molecule has 0 radical (unpaired) electrons. The number of rotatable bonds is 4. The number of hydrogen-bond acceptors (Lipinski definition) is 2. The lowest BCUT2D eigenvalue weighted by molar-refractivity contribution is -0.125. The Bertz CT molecular complexity index is 262. The molecule has 0 aromatic carbocycles. The maximum Gasteiger partial charge on any atom is 0.404 e. The maximum absolute atomic E-state index is 11.6. The van der Waals surface area contributed by atoms with E-state index in [-0.39, 0.29) is 12.3 Å². The fraction of sp³-hybridized carbons (Fsp3) is 0.600. The van der Waals surface area contributed by atoms with Crippen molar-refractivity contribution in [1.82, 2.24) is 5.32 Å². The van der Waals surface area contributed by atoms with E-state index in [1.807, 2.05) is 0 Å². The van der Waals surface area contributed by atoms with E-state index >= 15 is 0 Å². The summed E-state index contributed by atoms with van der Waals surface area (Å²) in [6.45, 7) is 3.82. The standard InChI is InChI=1S/C10H15NO3/c1-2-5-10(7-11-9(13)14)6-3-4-8(10)12/h2,11H,1,3-7H2,(H,13,14). The predicted molar refractivity (Wildman–Crippen MR) is 52.1 cm³/mol. The molecule has 0 saturated heterocycles. The summed E-state index contributed by atoms with van der Waals surface area (Å²) in [5.74, 6) is 0.158. The molecule has 2 N–H and O–H groups in total. The zero-order valence-electron chi connectivity index (χ0n) is 8.08. The molecule has 0 bridgehead atoms. The Balaban J connectivity index is 2.66. The molecule has 1 atom stereocenters. The lowest BCUT2D eigenvalue weighted by Gasteiger charge is -2.25. The number of nitrogens with one attached hydrogen (secondary N) is 1. The second kappa shape index (κ2) is 4.26. The van der Waals surface area contributed by atoms with Gasteiger partial charge in [0.15, 0.2) is 0 Å². The topological polar surface area (TPSA) is 66.4 Å². The molecule has 1 saturated carbocycles. The summed E-state index contributed by atoms with van der Waals surface area (Å²) in [6.07, 6.45) is 3.35. The monoisotopic (exact) mass is 197 g/mol. The minimum absolute atomic E-state index is 0.158. The first-order valence-corrected chi connectivity index (χ1v) is 4.72. The first-order chi connectivity index (χ1) is 6.60. The van der Waals surface area contributed by atoms with Crippen molar-refractivity contribution in [2.75, 3.05) is 6.54 Å². The van der Waals surface area contributed by atoms with Crippen LogP contribution in [0.15, 0.2) is 12.7 Å². The average molecular weight is 197 g/mol. The van der Waals surface area contributed by atoms with Gasteiger partial charge in [0.2, 0.25) is 0 Å². The fourth-order valence-electron chi connectivity index (χ4n) is 1.99. The fourth-order valence-corrected chi connectivity index (χ4v) is 1.99. The Morgan fingerprint density at radius 2 is 2.43 bits per heavy atom. The Morgan fingerprint density at radius 3 is 2.86 bits per heavy atom. The van der Waals surface area contributed by atoms with Crippen LogP contribution in [-0.4, -0.2) is 23.5 Å². The highest BCUT2D eigenvalue weighted by atomic mass is 16.4. The van der Waals surface area contributed by atoms with Gasteiger partial charge < -0.3 is 10.4 Å². The summed E-state index contributed by atoms with van der Waals surface area (Å²) >= 11 is 0. The highest BCUT2D eigenvalue weighted by Crippen LogP contribution is 2.37. The first-order valence-electron chi connectivity index (χ1n) is 4.72. The van der Waals surface area contributed by atoms with E-state index in [2.05, 4.69) is 11.9 Å². The molecule has 0 spiro atoms. The molecule has 1 aliphatic rings. The van der Waals surface area contributed by atoms with Crippen molar-refractivity contribution in [3.05, 3.63) is 12.7 Å². The third-order valence-corrected chi connectivity index (χ3v) is 2.76. The Labute approximate surface area is 83.0 Å².